The van der Waals surface area contributed by atoms with E-state index >= 15 is 0 Å². The maximum atomic E-state index is 14.6. The van der Waals surface area contributed by atoms with Crippen molar-refractivity contribution in [3.05, 3.63) is 65.5 Å². The molecule has 2 aliphatic heterocycles. The van der Waals surface area contributed by atoms with E-state index in [9.17, 15) is 19.1 Å². The first-order chi connectivity index (χ1) is 11.5. The number of para-hydroxylation sites is 1. The molecule has 0 aliphatic carbocycles. The molecule has 122 valence electrons. The summed E-state index contributed by atoms with van der Waals surface area (Å²) in [5, 5.41) is 10.6. The maximum Gasteiger partial charge on any atom is 0.256 e. The number of rotatable bonds is 1. The minimum atomic E-state index is -1.44. The van der Waals surface area contributed by atoms with E-state index in [0.29, 0.717) is 11.3 Å². The summed E-state index contributed by atoms with van der Waals surface area (Å²) in [6.07, 6.45) is -1.44. The van der Waals surface area contributed by atoms with E-state index in [0.717, 1.165) is 0 Å². The molecule has 2 aromatic rings. The summed E-state index contributed by atoms with van der Waals surface area (Å²) in [4.78, 5) is 27.4. The van der Waals surface area contributed by atoms with Crippen molar-refractivity contribution in [1.29, 1.82) is 0 Å². The smallest absolute Gasteiger partial charge is 0.256 e. The molecule has 0 unspecified atom stereocenters. The van der Waals surface area contributed by atoms with Crippen LogP contribution in [-0.4, -0.2) is 41.5 Å². The number of aliphatic hydroxyl groups excluding tert-OH is 1. The van der Waals surface area contributed by atoms with Crippen LogP contribution in [0, 0.1) is 5.82 Å². The molecule has 0 saturated carbocycles. The third-order valence-corrected chi connectivity index (χ3v) is 4.95. The molecule has 5 nitrogen and oxygen atoms in total. The second-order valence-electron chi connectivity index (χ2n) is 6.04. The molecule has 2 heterocycles. The predicted octanol–water partition coefficient (Wildman–Crippen LogP) is 1.25. The standard InChI is InChI=1S/C18H15FN2O3/c1-20-14-9-5-3-7-12(14)18(11-6-2-4-8-13(11)19)16(23)17(24)21(18)10-15(20)22/h2-9,16,23H,10H2,1H3/t16-,18+/m1/s1. The molecular formula is C18H15FN2O3. The lowest BCUT2D eigenvalue weighted by Gasteiger charge is -2.54. The molecule has 0 radical (unpaired) electrons. The van der Waals surface area contributed by atoms with Gasteiger partial charge in [-0.3, -0.25) is 9.59 Å². The number of halogens is 1. The van der Waals surface area contributed by atoms with Crippen molar-refractivity contribution in [1.82, 2.24) is 4.90 Å². The zero-order valence-electron chi connectivity index (χ0n) is 12.9. The molecule has 1 fully saturated rings. The number of carbonyl (C=O) groups excluding carboxylic acids is 2. The molecule has 2 aromatic carbocycles. The van der Waals surface area contributed by atoms with Gasteiger partial charge in [-0.25, -0.2) is 4.39 Å². The van der Waals surface area contributed by atoms with Crippen LogP contribution in [0.1, 0.15) is 11.1 Å². The van der Waals surface area contributed by atoms with Gasteiger partial charge in [0.1, 0.15) is 17.9 Å². The zero-order chi connectivity index (χ0) is 17.1. The van der Waals surface area contributed by atoms with Crippen LogP contribution in [0.2, 0.25) is 0 Å². The van der Waals surface area contributed by atoms with Crippen molar-refractivity contribution in [3.8, 4) is 0 Å². The third-order valence-electron chi connectivity index (χ3n) is 4.95. The van der Waals surface area contributed by atoms with E-state index in [1.165, 1.54) is 15.9 Å². The first-order valence-electron chi connectivity index (χ1n) is 7.60. The third kappa shape index (κ3) is 1.61. The molecule has 1 N–H and O–H groups in total. The van der Waals surface area contributed by atoms with Crippen LogP contribution in [0.3, 0.4) is 0 Å². The molecular weight excluding hydrogens is 311 g/mol. The van der Waals surface area contributed by atoms with E-state index in [1.54, 1.807) is 49.5 Å². The first kappa shape index (κ1) is 14.8. The van der Waals surface area contributed by atoms with Crippen LogP contribution in [-0.2, 0) is 15.1 Å². The Balaban J connectivity index is 2.08. The molecule has 24 heavy (non-hydrogen) atoms. The number of hydrogen-bond donors (Lipinski definition) is 1. The van der Waals surface area contributed by atoms with Crippen molar-refractivity contribution in [2.45, 2.75) is 11.6 Å². The van der Waals surface area contributed by atoms with Gasteiger partial charge in [-0.15, -0.1) is 0 Å². The molecule has 6 heteroatoms. The second kappa shape index (κ2) is 4.88. The number of carbonyl (C=O) groups is 2. The molecule has 1 saturated heterocycles. The average Bonchev–Trinajstić information content (AvgIpc) is 2.69. The number of β-lactam (4-membered cyclic amide) rings is 1. The maximum absolute atomic E-state index is 14.6. The Hall–Kier alpha value is -2.73. The van der Waals surface area contributed by atoms with Crippen LogP contribution < -0.4 is 4.90 Å². The lowest BCUT2D eigenvalue weighted by Crippen LogP contribution is -2.73. The minimum absolute atomic E-state index is 0.188. The molecule has 2 amide bonds. The zero-order valence-corrected chi connectivity index (χ0v) is 12.9. The number of aliphatic hydroxyl groups is 1. The molecule has 0 bridgehead atoms. The van der Waals surface area contributed by atoms with Crippen LogP contribution in [0.4, 0.5) is 10.1 Å². The van der Waals surface area contributed by atoms with Gasteiger partial charge in [-0.1, -0.05) is 36.4 Å². The number of benzene rings is 2. The fourth-order valence-corrected chi connectivity index (χ4v) is 3.75. The summed E-state index contributed by atoms with van der Waals surface area (Å²) in [5.74, 6) is -1.39. The van der Waals surface area contributed by atoms with Gasteiger partial charge in [0.25, 0.3) is 5.91 Å². The van der Waals surface area contributed by atoms with Gasteiger partial charge >= 0.3 is 0 Å². The fourth-order valence-electron chi connectivity index (χ4n) is 3.75. The summed E-state index contributed by atoms with van der Waals surface area (Å²) in [6, 6.07) is 13.0. The summed E-state index contributed by atoms with van der Waals surface area (Å²) >= 11 is 0. The SMILES string of the molecule is CN1C(=O)CN2C(=O)[C@@H](O)[C@]2(c2ccccc2F)c2ccccc21. The Morgan fingerprint density at radius 3 is 2.42 bits per heavy atom. The van der Waals surface area contributed by atoms with Gasteiger partial charge in [0, 0.05) is 23.9 Å². The highest BCUT2D eigenvalue weighted by atomic mass is 19.1. The van der Waals surface area contributed by atoms with Gasteiger partial charge < -0.3 is 14.9 Å². The summed E-state index contributed by atoms with van der Waals surface area (Å²) in [6.45, 7) is -0.213. The van der Waals surface area contributed by atoms with Crippen LogP contribution in [0.25, 0.3) is 0 Å². The van der Waals surface area contributed by atoms with E-state index in [4.69, 9.17) is 0 Å². The number of likely N-dealkylation sites (N-methyl/N-ethyl adjacent to an activating group) is 1. The van der Waals surface area contributed by atoms with Gasteiger partial charge in [-0.05, 0) is 12.1 Å². The second-order valence-corrected chi connectivity index (χ2v) is 6.04. The van der Waals surface area contributed by atoms with Gasteiger partial charge in [0.05, 0.1) is 0 Å². The lowest BCUT2D eigenvalue weighted by molar-refractivity contribution is -0.181. The number of amides is 2. The van der Waals surface area contributed by atoms with E-state index in [1.807, 2.05) is 0 Å². The van der Waals surface area contributed by atoms with Crippen molar-refractivity contribution in [3.63, 3.8) is 0 Å². The highest BCUT2D eigenvalue weighted by Crippen LogP contribution is 2.51. The number of nitrogens with zero attached hydrogens (tertiary/aromatic N) is 2. The highest BCUT2D eigenvalue weighted by Gasteiger charge is 2.65. The topological polar surface area (TPSA) is 60.9 Å². The summed E-state index contributed by atoms with van der Waals surface area (Å²) in [7, 11) is 1.61. The summed E-state index contributed by atoms with van der Waals surface area (Å²) < 4.78 is 14.6. The Bertz CT molecular complexity index is 869. The highest BCUT2D eigenvalue weighted by molar-refractivity contribution is 6.04. The quantitative estimate of drug-likeness (QED) is 0.803. The van der Waals surface area contributed by atoms with E-state index in [2.05, 4.69) is 0 Å². The van der Waals surface area contributed by atoms with Gasteiger partial charge in [0.2, 0.25) is 5.91 Å². The van der Waals surface area contributed by atoms with Crippen molar-refractivity contribution < 1.29 is 19.1 Å². The molecule has 2 atom stereocenters. The average molecular weight is 326 g/mol. The summed E-state index contributed by atoms with van der Waals surface area (Å²) in [5.41, 5.74) is -0.109. The largest absolute Gasteiger partial charge is 0.380 e. The lowest BCUT2D eigenvalue weighted by atomic mass is 9.69. The Kier molecular flexibility index (Phi) is 3.02. The van der Waals surface area contributed by atoms with Crippen molar-refractivity contribution >= 4 is 17.5 Å². The van der Waals surface area contributed by atoms with Crippen LogP contribution in [0.5, 0.6) is 0 Å². The number of fused-ring (bicyclic) bond motifs is 3. The monoisotopic (exact) mass is 326 g/mol. The predicted molar refractivity (Wildman–Crippen MR) is 84.8 cm³/mol. The van der Waals surface area contributed by atoms with Crippen LogP contribution in [0.15, 0.2) is 48.5 Å². The Morgan fingerprint density at radius 1 is 1.08 bits per heavy atom. The Labute approximate surface area is 137 Å². The normalized spacial score (nSPS) is 25.7. The number of anilines is 1. The van der Waals surface area contributed by atoms with Gasteiger partial charge in [0.15, 0.2) is 6.10 Å². The first-order valence-corrected chi connectivity index (χ1v) is 7.60. The number of hydrogen-bond acceptors (Lipinski definition) is 3. The van der Waals surface area contributed by atoms with Crippen molar-refractivity contribution in [2.75, 3.05) is 18.5 Å². The molecule has 0 spiro atoms. The van der Waals surface area contributed by atoms with E-state index in [-0.39, 0.29) is 18.0 Å². The Morgan fingerprint density at radius 2 is 1.71 bits per heavy atom. The molecule has 0 aromatic heterocycles. The van der Waals surface area contributed by atoms with Gasteiger partial charge in [-0.2, -0.15) is 0 Å². The minimum Gasteiger partial charge on any atom is -0.380 e. The molecule has 4 rings (SSSR count). The van der Waals surface area contributed by atoms with Crippen LogP contribution >= 0.6 is 0 Å². The van der Waals surface area contributed by atoms with E-state index < -0.39 is 23.4 Å². The fraction of sp³-hybridized carbons (Fsp3) is 0.222. The van der Waals surface area contributed by atoms with Crippen molar-refractivity contribution in [2.24, 2.45) is 0 Å². The molecule has 2 aliphatic rings.